The zero-order chi connectivity index (χ0) is 37.5. The van der Waals surface area contributed by atoms with Gasteiger partial charge in [-0.1, -0.05) is 188 Å². The molecule has 1 nitrogen and oxygen atoms in total. The molecule has 1 aliphatic carbocycles. The Morgan fingerprint density at radius 2 is 0.684 bits per heavy atom. The monoisotopic (exact) mass is 721 g/mol. The smallest absolute Gasteiger partial charge is 0.0471 e. The summed E-state index contributed by atoms with van der Waals surface area (Å²) >= 11 is 0. The summed E-state index contributed by atoms with van der Waals surface area (Å²) in [6.07, 6.45) is 0. The molecule has 0 bridgehead atoms. The Balaban J connectivity index is 1.12. The molecule has 264 valence electrons. The van der Waals surface area contributed by atoms with Gasteiger partial charge < -0.3 is 4.98 Å². The van der Waals surface area contributed by atoms with E-state index < -0.39 is 0 Å². The minimum Gasteiger partial charge on any atom is -0.355 e. The second-order valence-corrected chi connectivity index (χ2v) is 15.2. The van der Waals surface area contributed by atoms with Crippen molar-refractivity contribution in [1.29, 1.82) is 0 Å². The first kappa shape index (κ1) is 31.8. The first-order valence-corrected chi connectivity index (χ1v) is 19.8. The van der Waals surface area contributed by atoms with E-state index in [0.29, 0.717) is 0 Å². The minimum atomic E-state index is 1.10. The molecule has 1 N–H and O–H groups in total. The van der Waals surface area contributed by atoms with Gasteiger partial charge in [0.2, 0.25) is 0 Å². The summed E-state index contributed by atoms with van der Waals surface area (Å²) < 4.78 is 0. The van der Waals surface area contributed by atoms with Crippen LogP contribution in [0.4, 0.5) is 0 Å². The van der Waals surface area contributed by atoms with Crippen molar-refractivity contribution in [3.63, 3.8) is 0 Å². The maximum Gasteiger partial charge on any atom is 0.0471 e. The lowest BCUT2D eigenvalue weighted by atomic mass is 9.82. The first-order valence-electron chi connectivity index (χ1n) is 19.8. The third-order valence-electron chi connectivity index (χ3n) is 12.1. The van der Waals surface area contributed by atoms with Crippen LogP contribution in [0.15, 0.2) is 206 Å². The standard InChI is InChI=1S/C56H35N/c1-4-16-35(17-5-1)50-40-24-10-12-26-42(40)54(43-27-13-11-25-41(43)50)49-33-32-48(57-49)39-30-31-44-47(34-39)53(38-20-8-3-9-21-38)56-46-29-15-23-36-22-14-28-45(51(36)46)55(56)52(44)37-18-6-2-7-19-37/h1-34,57H. The molecule has 0 amide bonds. The van der Waals surface area contributed by atoms with Crippen molar-refractivity contribution >= 4 is 43.1 Å². The second-order valence-electron chi connectivity index (χ2n) is 15.2. The maximum atomic E-state index is 3.94. The molecule has 0 saturated carbocycles. The van der Waals surface area contributed by atoms with E-state index in [1.54, 1.807) is 0 Å². The minimum absolute atomic E-state index is 1.10. The van der Waals surface area contributed by atoms with Crippen LogP contribution >= 0.6 is 0 Å². The van der Waals surface area contributed by atoms with Gasteiger partial charge in [-0.15, -0.1) is 0 Å². The van der Waals surface area contributed by atoms with E-state index in [0.717, 1.165) is 17.0 Å². The van der Waals surface area contributed by atoms with Crippen molar-refractivity contribution in [2.45, 2.75) is 0 Å². The summed E-state index contributed by atoms with van der Waals surface area (Å²) in [5, 5.41) is 10.1. The van der Waals surface area contributed by atoms with E-state index in [9.17, 15) is 0 Å². The van der Waals surface area contributed by atoms with Gasteiger partial charge in [0.05, 0.1) is 0 Å². The van der Waals surface area contributed by atoms with Crippen LogP contribution in [-0.4, -0.2) is 4.98 Å². The van der Waals surface area contributed by atoms with Gasteiger partial charge in [0, 0.05) is 17.0 Å². The predicted molar refractivity (Wildman–Crippen MR) is 242 cm³/mol. The lowest BCUT2D eigenvalue weighted by Gasteiger charge is -2.21. The Morgan fingerprint density at radius 1 is 0.246 bits per heavy atom. The number of H-pyrrole nitrogens is 1. The highest BCUT2D eigenvalue weighted by molar-refractivity contribution is 6.28. The topological polar surface area (TPSA) is 15.8 Å². The first-order chi connectivity index (χ1) is 28.3. The summed E-state index contributed by atoms with van der Waals surface area (Å²) in [6.45, 7) is 0. The van der Waals surface area contributed by atoms with Crippen LogP contribution in [0.3, 0.4) is 0 Å². The molecule has 10 aromatic carbocycles. The second kappa shape index (κ2) is 12.5. The Labute approximate surface area is 331 Å². The highest BCUT2D eigenvalue weighted by Crippen LogP contribution is 2.58. The number of fused-ring (bicyclic) bond motifs is 6. The number of aromatic amines is 1. The van der Waals surface area contributed by atoms with Crippen molar-refractivity contribution in [1.82, 2.24) is 4.98 Å². The third-order valence-corrected chi connectivity index (χ3v) is 12.1. The van der Waals surface area contributed by atoms with Gasteiger partial charge in [0.1, 0.15) is 0 Å². The van der Waals surface area contributed by atoms with Crippen LogP contribution in [0, 0.1) is 0 Å². The number of hydrogen-bond donors (Lipinski definition) is 1. The van der Waals surface area contributed by atoms with E-state index in [4.69, 9.17) is 0 Å². The molecule has 0 saturated heterocycles. The van der Waals surface area contributed by atoms with Crippen molar-refractivity contribution in [2.24, 2.45) is 0 Å². The SMILES string of the molecule is c1ccc(-c2c3c(c(-c4ccccc4)c4cc(-c5ccc(-c6c7ccccc7c(-c7ccccc7)c7ccccc67)[nH]5)ccc24)-c2cccc4cccc-3c24)cc1. The van der Waals surface area contributed by atoms with E-state index in [1.165, 1.54) is 104 Å². The van der Waals surface area contributed by atoms with Crippen molar-refractivity contribution in [3.8, 4) is 78.1 Å². The summed E-state index contributed by atoms with van der Waals surface area (Å²) in [4.78, 5) is 3.94. The molecule has 0 aliphatic heterocycles. The lowest BCUT2D eigenvalue weighted by Crippen LogP contribution is -1.94. The molecule has 11 aromatic rings. The van der Waals surface area contributed by atoms with Crippen LogP contribution in [0.2, 0.25) is 0 Å². The maximum absolute atomic E-state index is 3.94. The van der Waals surface area contributed by atoms with Crippen LogP contribution < -0.4 is 0 Å². The normalized spacial score (nSPS) is 11.9. The summed E-state index contributed by atoms with van der Waals surface area (Å²) in [7, 11) is 0. The highest BCUT2D eigenvalue weighted by atomic mass is 14.7. The fraction of sp³-hybridized carbons (Fsp3) is 0. The molecule has 0 atom stereocenters. The van der Waals surface area contributed by atoms with Crippen LogP contribution in [0.25, 0.3) is 121 Å². The number of benzene rings is 10. The molecule has 1 heteroatoms. The van der Waals surface area contributed by atoms with Crippen molar-refractivity contribution in [2.75, 3.05) is 0 Å². The largest absolute Gasteiger partial charge is 0.355 e. The molecular formula is C56H35N. The van der Waals surface area contributed by atoms with Gasteiger partial charge in [-0.3, -0.25) is 0 Å². The Hall–Kier alpha value is -7.48. The predicted octanol–water partition coefficient (Wildman–Crippen LogP) is 15.6. The number of rotatable bonds is 5. The third kappa shape index (κ3) is 4.76. The number of aromatic nitrogens is 1. The van der Waals surface area contributed by atoms with Gasteiger partial charge in [0.15, 0.2) is 0 Å². The van der Waals surface area contributed by atoms with E-state index in [-0.39, 0.29) is 0 Å². The molecule has 1 aromatic heterocycles. The summed E-state index contributed by atoms with van der Waals surface area (Å²) in [5.41, 5.74) is 17.4. The zero-order valence-corrected chi connectivity index (χ0v) is 31.1. The average Bonchev–Trinajstić information content (AvgIpc) is 3.90. The van der Waals surface area contributed by atoms with Gasteiger partial charge in [-0.05, 0) is 122 Å². The van der Waals surface area contributed by atoms with Crippen LogP contribution in [0.5, 0.6) is 0 Å². The van der Waals surface area contributed by atoms with E-state index in [2.05, 4.69) is 211 Å². The number of hydrogen-bond acceptors (Lipinski definition) is 0. The molecular weight excluding hydrogens is 687 g/mol. The fourth-order valence-electron chi connectivity index (χ4n) is 9.81. The van der Waals surface area contributed by atoms with Crippen LogP contribution in [-0.2, 0) is 0 Å². The van der Waals surface area contributed by atoms with E-state index in [1.807, 2.05) is 0 Å². The molecule has 0 unspecified atom stereocenters. The molecule has 57 heavy (non-hydrogen) atoms. The molecule has 1 heterocycles. The Bertz CT molecular complexity index is 3310. The lowest BCUT2D eigenvalue weighted by molar-refractivity contribution is 1.41. The number of nitrogens with one attached hydrogen (secondary N) is 1. The van der Waals surface area contributed by atoms with Gasteiger partial charge in [0.25, 0.3) is 0 Å². The zero-order valence-electron chi connectivity index (χ0n) is 31.1. The fourth-order valence-corrected chi connectivity index (χ4v) is 9.81. The molecule has 0 spiro atoms. The Morgan fingerprint density at radius 3 is 1.23 bits per heavy atom. The molecule has 1 aliphatic rings. The molecule has 0 fully saturated rings. The van der Waals surface area contributed by atoms with Gasteiger partial charge >= 0.3 is 0 Å². The van der Waals surface area contributed by atoms with Crippen LogP contribution in [0.1, 0.15) is 0 Å². The van der Waals surface area contributed by atoms with Crippen molar-refractivity contribution in [3.05, 3.63) is 206 Å². The van der Waals surface area contributed by atoms with Gasteiger partial charge in [-0.2, -0.15) is 0 Å². The quantitative estimate of drug-likeness (QED) is 0.170. The van der Waals surface area contributed by atoms with Gasteiger partial charge in [-0.25, -0.2) is 0 Å². The average molecular weight is 722 g/mol. The molecule has 0 radical (unpaired) electrons. The summed E-state index contributed by atoms with van der Waals surface area (Å²) in [5.74, 6) is 0. The van der Waals surface area contributed by atoms with E-state index >= 15 is 0 Å². The Kier molecular flexibility index (Phi) is 7.00. The molecule has 12 rings (SSSR count). The highest BCUT2D eigenvalue weighted by Gasteiger charge is 2.30. The van der Waals surface area contributed by atoms with Crippen molar-refractivity contribution < 1.29 is 0 Å². The summed E-state index contributed by atoms with van der Waals surface area (Å²) in [6, 6.07) is 75.7.